The molecule has 4 atom stereocenters. The van der Waals surface area contributed by atoms with Crippen LogP contribution in [0.2, 0.25) is 0 Å². The van der Waals surface area contributed by atoms with Gasteiger partial charge in [-0.05, 0) is 13.3 Å². The minimum atomic E-state index is -1.40. The molecular weight excluding hydrogens is 160 g/mol. The van der Waals surface area contributed by atoms with E-state index in [4.69, 9.17) is 9.47 Å². The molecular formula is C8H13O4. The number of aliphatic hydroxyl groups excluding tert-OH is 1. The summed E-state index contributed by atoms with van der Waals surface area (Å²) in [5, 5.41) is 21.2. The van der Waals surface area contributed by atoms with E-state index in [2.05, 4.69) is 0 Å². The molecule has 0 bridgehead atoms. The molecule has 69 valence electrons. The molecule has 0 aromatic heterocycles. The first-order chi connectivity index (χ1) is 5.62. The smallest absolute Gasteiger partial charge is 0.155 e. The van der Waals surface area contributed by atoms with Crippen LogP contribution in [-0.2, 0) is 14.6 Å². The summed E-state index contributed by atoms with van der Waals surface area (Å²) >= 11 is 0. The minimum absolute atomic E-state index is 0.0811. The molecule has 4 nitrogen and oxygen atoms in total. The van der Waals surface area contributed by atoms with Crippen LogP contribution < -0.4 is 0 Å². The zero-order valence-corrected chi connectivity index (χ0v) is 7.03. The molecule has 2 saturated heterocycles. The molecule has 0 amide bonds. The van der Waals surface area contributed by atoms with E-state index in [1.807, 2.05) is 0 Å². The first-order valence-electron chi connectivity index (χ1n) is 4.24. The fourth-order valence-electron chi connectivity index (χ4n) is 1.66. The van der Waals surface area contributed by atoms with Crippen molar-refractivity contribution in [3.05, 3.63) is 0 Å². The lowest BCUT2D eigenvalue weighted by atomic mass is 9.86. The Morgan fingerprint density at radius 2 is 2.17 bits per heavy atom. The van der Waals surface area contributed by atoms with Crippen molar-refractivity contribution < 1.29 is 19.7 Å². The average Bonchev–Trinajstić information content (AvgIpc) is 2.77. The maximum Gasteiger partial charge on any atom is 0.155 e. The van der Waals surface area contributed by atoms with E-state index < -0.39 is 17.8 Å². The molecule has 2 rings (SSSR count). The van der Waals surface area contributed by atoms with E-state index in [1.165, 1.54) is 6.92 Å². The predicted molar refractivity (Wildman–Crippen MR) is 39.2 cm³/mol. The van der Waals surface area contributed by atoms with Gasteiger partial charge >= 0.3 is 0 Å². The molecule has 4 heteroatoms. The first kappa shape index (κ1) is 8.44. The Morgan fingerprint density at radius 3 is 2.75 bits per heavy atom. The van der Waals surface area contributed by atoms with Crippen LogP contribution >= 0.6 is 0 Å². The summed E-state index contributed by atoms with van der Waals surface area (Å²) in [5.74, 6) is 0. The molecule has 1 N–H and O–H groups in total. The zero-order chi connectivity index (χ0) is 8.77. The largest absolute Gasteiger partial charge is 0.390 e. The van der Waals surface area contributed by atoms with Crippen LogP contribution in [0.5, 0.6) is 0 Å². The zero-order valence-electron chi connectivity index (χ0n) is 7.03. The lowest BCUT2D eigenvalue weighted by molar-refractivity contribution is -0.225. The van der Waals surface area contributed by atoms with Gasteiger partial charge in [-0.25, -0.2) is 5.11 Å². The van der Waals surface area contributed by atoms with E-state index in [9.17, 15) is 10.2 Å². The maximum absolute atomic E-state index is 11.8. The Kier molecular flexibility index (Phi) is 1.88. The van der Waals surface area contributed by atoms with Gasteiger partial charge in [-0.15, -0.1) is 0 Å². The van der Waals surface area contributed by atoms with Gasteiger partial charge in [-0.3, -0.25) is 0 Å². The summed E-state index contributed by atoms with van der Waals surface area (Å²) in [7, 11) is 0. The van der Waals surface area contributed by atoms with E-state index >= 15 is 0 Å². The highest BCUT2D eigenvalue weighted by atomic mass is 16.6. The van der Waals surface area contributed by atoms with Crippen LogP contribution in [0.4, 0.5) is 0 Å². The second-order valence-electron chi connectivity index (χ2n) is 3.65. The van der Waals surface area contributed by atoms with Crippen molar-refractivity contribution >= 4 is 0 Å². The van der Waals surface area contributed by atoms with Gasteiger partial charge < -0.3 is 14.6 Å². The number of hydrogen-bond acceptors (Lipinski definition) is 3. The van der Waals surface area contributed by atoms with Gasteiger partial charge in [0.05, 0.1) is 12.7 Å². The highest BCUT2D eigenvalue weighted by Crippen LogP contribution is 2.33. The molecule has 2 heterocycles. The normalized spacial score (nSPS) is 53.8. The predicted octanol–water partition coefficient (Wildman–Crippen LogP) is -0.276. The van der Waals surface area contributed by atoms with Crippen molar-refractivity contribution in [1.29, 1.82) is 0 Å². The second kappa shape index (κ2) is 2.67. The number of aliphatic hydroxyl groups is 1. The van der Waals surface area contributed by atoms with Crippen molar-refractivity contribution in [2.75, 3.05) is 13.2 Å². The summed E-state index contributed by atoms with van der Waals surface area (Å²) in [5.41, 5.74) is -1.40. The van der Waals surface area contributed by atoms with Crippen molar-refractivity contribution in [3.8, 4) is 0 Å². The molecule has 0 aliphatic carbocycles. The second-order valence-corrected chi connectivity index (χ2v) is 3.65. The van der Waals surface area contributed by atoms with Crippen molar-refractivity contribution in [2.45, 2.75) is 37.3 Å². The highest BCUT2D eigenvalue weighted by molar-refractivity contribution is 5.00. The Bertz CT molecular complexity index is 176. The van der Waals surface area contributed by atoms with E-state index in [0.717, 1.165) is 0 Å². The molecule has 2 aliphatic heterocycles. The maximum atomic E-state index is 11.8. The third kappa shape index (κ3) is 1.25. The number of ether oxygens (including phenoxy) is 2. The molecule has 1 radical (unpaired) electrons. The fraction of sp³-hybridized carbons (Fsp3) is 1.00. The molecule has 2 fully saturated rings. The van der Waals surface area contributed by atoms with Gasteiger partial charge in [0, 0.05) is 6.61 Å². The van der Waals surface area contributed by atoms with E-state index in [0.29, 0.717) is 19.6 Å². The molecule has 0 aromatic rings. The Morgan fingerprint density at radius 1 is 1.50 bits per heavy atom. The van der Waals surface area contributed by atoms with Gasteiger partial charge in [0.25, 0.3) is 0 Å². The molecule has 0 aromatic carbocycles. The van der Waals surface area contributed by atoms with Crippen molar-refractivity contribution in [2.24, 2.45) is 0 Å². The van der Waals surface area contributed by atoms with Gasteiger partial charge in [0.2, 0.25) is 0 Å². The molecule has 0 spiro atoms. The van der Waals surface area contributed by atoms with Gasteiger partial charge in [-0.1, -0.05) is 0 Å². The summed E-state index contributed by atoms with van der Waals surface area (Å²) in [4.78, 5) is 0. The molecule has 3 unspecified atom stereocenters. The third-order valence-corrected chi connectivity index (χ3v) is 2.61. The Hall–Kier alpha value is -0.160. The summed E-state index contributed by atoms with van der Waals surface area (Å²) in [6.07, 6.45) is -0.924. The third-order valence-electron chi connectivity index (χ3n) is 2.61. The van der Waals surface area contributed by atoms with Crippen molar-refractivity contribution in [1.82, 2.24) is 0 Å². The average molecular weight is 173 g/mol. The lowest BCUT2D eigenvalue weighted by Gasteiger charge is -2.38. The van der Waals surface area contributed by atoms with Crippen LogP contribution in [0.3, 0.4) is 0 Å². The topological polar surface area (TPSA) is 61.9 Å². The van der Waals surface area contributed by atoms with Crippen LogP contribution in [-0.4, -0.2) is 42.2 Å². The van der Waals surface area contributed by atoms with Crippen LogP contribution in [0.1, 0.15) is 13.3 Å². The van der Waals surface area contributed by atoms with Gasteiger partial charge in [0.15, 0.2) is 5.60 Å². The number of hydrogen-bond donors (Lipinski definition) is 1. The van der Waals surface area contributed by atoms with Crippen LogP contribution in [0, 0.1) is 0 Å². The molecule has 0 saturated carbocycles. The van der Waals surface area contributed by atoms with Crippen LogP contribution in [0.15, 0.2) is 0 Å². The number of epoxide rings is 1. The standard InChI is InChI=1S/C8H13O4/c1-8(10)6(9)2-3-11-7(8)5-4-12-5/h5-7,9H,2-4H2,1H3/t5?,6?,7?,8-/m0/s1. The monoisotopic (exact) mass is 173 g/mol. The summed E-state index contributed by atoms with van der Waals surface area (Å²) < 4.78 is 10.3. The molecule has 2 aliphatic rings. The van der Waals surface area contributed by atoms with Crippen molar-refractivity contribution in [3.63, 3.8) is 0 Å². The minimum Gasteiger partial charge on any atom is -0.390 e. The fourth-order valence-corrected chi connectivity index (χ4v) is 1.66. The SMILES string of the molecule is C[C@]1([O])C(O)CCOC1C1CO1. The van der Waals surface area contributed by atoms with Crippen LogP contribution in [0.25, 0.3) is 0 Å². The molecule has 12 heavy (non-hydrogen) atoms. The lowest BCUT2D eigenvalue weighted by Crippen LogP contribution is -2.56. The Balaban J connectivity index is 2.09. The quantitative estimate of drug-likeness (QED) is 0.555. The number of rotatable bonds is 1. The first-order valence-corrected chi connectivity index (χ1v) is 4.24. The van der Waals surface area contributed by atoms with E-state index in [-0.39, 0.29) is 6.10 Å². The van der Waals surface area contributed by atoms with Gasteiger partial charge in [-0.2, -0.15) is 0 Å². The van der Waals surface area contributed by atoms with Gasteiger partial charge in [0.1, 0.15) is 12.2 Å². The highest BCUT2D eigenvalue weighted by Gasteiger charge is 2.52. The van der Waals surface area contributed by atoms with E-state index in [1.54, 1.807) is 0 Å². The summed E-state index contributed by atoms with van der Waals surface area (Å²) in [6, 6.07) is 0. The summed E-state index contributed by atoms with van der Waals surface area (Å²) in [6.45, 7) is 2.54. The Labute approximate surface area is 71.1 Å².